The Morgan fingerprint density at radius 3 is 2.40 bits per heavy atom. The molecule has 1 atom stereocenters. The zero-order valence-electron chi connectivity index (χ0n) is 15.8. The van der Waals surface area contributed by atoms with E-state index in [1.54, 1.807) is 12.3 Å². The third-order valence-electron chi connectivity index (χ3n) is 4.11. The molecule has 10 heteroatoms. The van der Waals surface area contributed by atoms with Gasteiger partial charge in [0.15, 0.2) is 0 Å². The number of H-pyrrole nitrogens is 1. The number of nitrogens with zero attached hydrogens (tertiary/aromatic N) is 2. The Bertz CT molecular complexity index is 918. The lowest BCUT2D eigenvalue weighted by Crippen LogP contribution is -2.07. The van der Waals surface area contributed by atoms with E-state index in [0.717, 1.165) is 36.2 Å². The summed E-state index contributed by atoms with van der Waals surface area (Å²) >= 11 is 18.4. The Labute approximate surface area is 188 Å². The number of hydrogen-bond acceptors (Lipinski definition) is 4. The number of benzene rings is 2. The van der Waals surface area contributed by atoms with E-state index in [4.69, 9.17) is 54.9 Å². The molecular weight excluding hydrogens is 453 g/mol. The standard InChI is InChI=1S/C20H19Cl3N2O.HNO3/c21-15-6-4-14(5-7-15)13-26-19(2-1-3-20-24-10-11-25-20)17-9-8-16(22)12-18(17)23;2-1(3)4/h4-12,19H,1-3,13H2,(H,24,25);(H,2,3,4). The van der Waals surface area contributed by atoms with E-state index in [9.17, 15) is 0 Å². The van der Waals surface area contributed by atoms with Crippen LogP contribution in [0.3, 0.4) is 0 Å². The number of hydrogen-bond donors (Lipinski definition) is 2. The minimum absolute atomic E-state index is 0.120. The molecule has 1 heterocycles. The Hall–Kier alpha value is -2.32. The molecule has 3 rings (SSSR count). The van der Waals surface area contributed by atoms with Gasteiger partial charge in [0, 0.05) is 33.9 Å². The number of ether oxygens (including phenoxy) is 1. The topological polar surface area (TPSA) is 101 Å². The van der Waals surface area contributed by atoms with Gasteiger partial charge in [-0.25, -0.2) is 4.98 Å². The quantitative estimate of drug-likeness (QED) is 0.296. The van der Waals surface area contributed by atoms with E-state index in [1.807, 2.05) is 42.6 Å². The van der Waals surface area contributed by atoms with Gasteiger partial charge in [-0.15, -0.1) is 10.1 Å². The molecule has 0 amide bonds. The lowest BCUT2D eigenvalue weighted by molar-refractivity contribution is -0.742. The number of aryl methyl sites for hydroxylation is 1. The normalized spacial score (nSPS) is 11.4. The van der Waals surface area contributed by atoms with Gasteiger partial charge in [-0.05, 0) is 48.2 Å². The van der Waals surface area contributed by atoms with Crippen LogP contribution in [0.2, 0.25) is 15.1 Å². The van der Waals surface area contributed by atoms with E-state index < -0.39 is 5.09 Å². The van der Waals surface area contributed by atoms with Crippen LogP contribution in [0.4, 0.5) is 0 Å². The first kappa shape index (κ1) is 24.0. The highest BCUT2D eigenvalue weighted by atomic mass is 35.5. The number of aromatic amines is 1. The molecule has 30 heavy (non-hydrogen) atoms. The van der Waals surface area contributed by atoms with Crippen molar-refractivity contribution < 1.29 is 15.0 Å². The molecule has 0 aliphatic carbocycles. The summed E-state index contributed by atoms with van der Waals surface area (Å²) in [5.41, 5.74) is 2.01. The average molecular weight is 473 g/mol. The maximum Gasteiger partial charge on any atom is 0.291 e. The lowest BCUT2D eigenvalue weighted by atomic mass is 10.0. The molecular formula is C20H20Cl3N3O4. The fourth-order valence-corrected chi connectivity index (χ4v) is 3.41. The Balaban J connectivity index is 0.000000735. The van der Waals surface area contributed by atoms with Gasteiger partial charge in [0.1, 0.15) is 5.82 Å². The van der Waals surface area contributed by atoms with E-state index in [2.05, 4.69) is 9.97 Å². The van der Waals surface area contributed by atoms with Crippen molar-refractivity contribution in [1.82, 2.24) is 9.97 Å². The Kier molecular flexibility index (Phi) is 9.89. The van der Waals surface area contributed by atoms with Gasteiger partial charge in [-0.2, -0.15) is 0 Å². The number of rotatable bonds is 8. The molecule has 3 aromatic rings. The van der Waals surface area contributed by atoms with Crippen LogP contribution >= 0.6 is 34.8 Å². The van der Waals surface area contributed by atoms with E-state index >= 15 is 0 Å². The zero-order chi connectivity index (χ0) is 21.9. The van der Waals surface area contributed by atoms with Crippen molar-refractivity contribution in [2.24, 2.45) is 0 Å². The highest BCUT2D eigenvalue weighted by Crippen LogP contribution is 2.32. The van der Waals surface area contributed by atoms with Gasteiger partial charge in [0.05, 0.1) is 12.7 Å². The maximum atomic E-state index is 8.36. The van der Waals surface area contributed by atoms with Crippen molar-refractivity contribution in [3.63, 3.8) is 0 Å². The van der Waals surface area contributed by atoms with Crippen LogP contribution in [0.25, 0.3) is 0 Å². The van der Waals surface area contributed by atoms with Crippen LogP contribution in [0, 0.1) is 10.1 Å². The predicted octanol–water partition coefficient (Wildman–Crippen LogP) is 6.30. The minimum atomic E-state index is -1.50. The van der Waals surface area contributed by atoms with Crippen molar-refractivity contribution in [3.05, 3.63) is 97.0 Å². The zero-order valence-corrected chi connectivity index (χ0v) is 18.1. The second-order valence-electron chi connectivity index (χ2n) is 6.26. The van der Waals surface area contributed by atoms with Crippen LogP contribution in [0.5, 0.6) is 0 Å². The second-order valence-corrected chi connectivity index (χ2v) is 7.54. The molecule has 0 saturated heterocycles. The maximum absolute atomic E-state index is 8.36. The van der Waals surface area contributed by atoms with Gasteiger partial charge in [-0.3, -0.25) is 0 Å². The second kappa shape index (κ2) is 12.4. The molecule has 0 radical (unpaired) electrons. The predicted molar refractivity (Wildman–Crippen MR) is 116 cm³/mol. The molecule has 0 fully saturated rings. The number of imidazole rings is 1. The first-order valence-corrected chi connectivity index (χ1v) is 10.1. The third-order valence-corrected chi connectivity index (χ3v) is 4.92. The summed E-state index contributed by atoms with van der Waals surface area (Å²) in [5.74, 6) is 0.976. The van der Waals surface area contributed by atoms with Crippen LogP contribution < -0.4 is 0 Å². The molecule has 7 nitrogen and oxygen atoms in total. The Morgan fingerprint density at radius 2 is 1.80 bits per heavy atom. The number of aromatic nitrogens is 2. The monoisotopic (exact) mass is 471 g/mol. The fraction of sp³-hybridized carbons (Fsp3) is 0.250. The minimum Gasteiger partial charge on any atom is -0.369 e. The highest BCUT2D eigenvalue weighted by Gasteiger charge is 2.16. The first-order chi connectivity index (χ1) is 14.3. The molecule has 160 valence electrons. The van der Waals surface area contributed by atoms with Crippen molar-refractivity contribution in [1.29, 1.82) is 0 Å². The number of nitrogens with one attached hydrogen (secondary N) is 1. The van der Waals surface area contributed by atoms with Gasteiger partial charge in [0.25, 0.3) is 5.09 Å². The highest BCUT2D eigenvalue weighted by molar-refractivity contribution is 6.35. The molecule has 2 aromatic carbocycles. The first-order valence-electron chi connectivity index (χ1n) is 8.97. The van der Waals surface area contributed by atoms with Gasteiger partial charge >= 0.3 is 0 Å². The molecule has 2 N–H and O–H groups in total. The largest absolute Gasteiger partial charge is 0.369 e. The van der Waals surface area contributed by atoms with Gasteiger partial charge < -0.3 is 14.9 Å². The summed E-state index contributed by atoms with van der Waals surface area (Å²) < 4.78 is 6.19. The molecule has 1 aromatic heterocycles. The van der Waals surface area contributed by atoms with Crippen molar-refractivity contribution in [2.75, 3.05) is 0 Å². The summed E-state index contributed by atoms with van der Waals surface area (Å²) in [6.45, 7) is 0.488. The summed E-state index contributed by atoms with van der Waals surface area (Å²) in [6, 6.07) is 13.2. The van der Waals surface area contributed by atoms with Crippen LogP contribution in [0.1, 0.15) is 35.9 Å². The van der Waals surface area contributed by atoms with Crippen molar-refractivity contribution >= 4 is 34.8 Å². The molecule has 0 aliphatic rings. The van der Waals surface area contributed by atoms with Crippen LogP contribution in [-0.4, -0.2) is 20.3 Å². The van der Waals surface area contributed by atoms with Crippen LogP contribution in [-0.2, 0) is 17.8 Å². The van der Waals surface area contributed by atoms with Crippen LogP contribution in [0.15, 0.2) is 54.9 Å². The third kappa shape index (κ3) is 8.59. The molecule has 0 bridgehead atoms. The molecule has 0 spiro atoms. The van der Waals surface area contributed by atoms with Crippen molar-refractivity contribution in [3.8, 4) is 0 Å². The van der Waals surface area contributed by atoms with Gasteiger partial charge in [-0.1, -0.05) is 53.0 Å². The average Bonchev–Trinajstić information content (AvgIpc) is 3.19. The van der Waals surface area contributed by atoms with E-state index in [1.165, 1.54) is 0 Å². The fourth-order valence-electron chi connectivity index (χ4n) is 2.76. The Morgan fingerprint density at radius 1 is 1.13 bits per heavy atom. The number of halogens is 3. The summed E-state index contributed by atoms with van der Waals surface area (Å²) in [4.78, 5) is 15.8. The smallest absolute Gasteiger partial charge is 0.291 e. The molecule has 0 aliphatic heterocycles. The SMILES string of the molecule is Clc1ccc(COC(CCCc2ncc[nH]2)c2ccc(Cl)cc2Cl)cc1.O=[N+]([O-])O. The van der Waals surface area contributed by atoms with Gasteiger partial charge in [0.2, 0.25) is 0 Å². The van der Waals surface area contributed by atoms with E-state index in [-0.39, 0.29) is 6.10 Å². The molecule has 1 unspecified atom stereocenters. The summed E-state index contributed by atoms with van der Waals surface area (Å²) in [6.07, 6.45) is 6.09. The summed E-state index contributed by atoms with van der Waals surface area (Å²) in [7, 11) is 0. The summed E-state index contributed by atoms with van der Waals surface area (Å²) in [5, 5.41) is 15.6. The lowest BCUT2D eigenvalue weighted by Gasteiger charge is -2.20. The molecule has 0 saturated carbocycles. The van der Waals surface area contributed by atoms with Crippen molar-refractivity contribution in [2.45, 2.75) is 32.0 Å². The van der Waals surface area contributed by atoms with E-state index in [0.29, 0.717) is 21.7 Å².